The lowest BCUT2D eigenvalue weighted by Crippen LogP contribution is -2.32. The quantitative estimate of drug-likeness (QED) is 0.910. The Hall–Kier alpha value is -1.29. The summed E-state index contributed by atoms with van der Waals surface area (Å²) in [6.07, 6.45) is 0. The number of ether oxygens (including phenoxy) is 1. The number of halogens is 1. The standard InChI is InChI=1S/C16H21NO2.ClH/c1-16(2,10-18)15(17)13-8-9-14(19-3)12-7-5-4-6-11(12)13;/h4-9,15,18H,10,17H2,1-3H3;1H/t15-;/m1./s1. The molecule has 110 valence electrons. The SMILES string of the molecule is COc1ccc([C@@H](N)C(C)(C)CO)c2ccccc12.Cl. The van der Waals surface area contributed by atoms with Crippen molar-refractivity contribution in [3.8, 4) is 5.75 Å². The minimum atomic E-state index is -0.364. The molecule has 0 unspecified atom stereocenters. The summed E-state index contributed by atoms with van der Waals surface area (Å²) in [5, 5.41) is 11.6. The summed E-state index contributed by atoms with van der Waals surface area (Å²) < 4.78 is 5.38. The van der Waals surface area contributed by atoms with Gasteiger partial charge in [0.25, 0.3) is 0 Å². The fraction of sp³-hybridized carbons (Fsp3) is 0.375. The van der Waals surface area contributed by atoms with E-state index in [2.05, 4.69) is 0 Å². The first-order valence-electron chi connectivity index (χ1n) is 6.43. The molecule has 3 N–H and O–H groups in total. The zero-order valence-corrected chi connectivity index (χ0v) is 12.9. The zero-order valence-electron chi connectivity index (χ0n) is 12.1. The van der Waals surface area contributed by atoms with E-state index in [9.17, 15) is 5.11 Å². The van der Waals surface area contributed by atoms with Crippen molar-refractivity contribution in [2.75, 3.05) is 13.7 Å². The third-order valence-electron chi connectivity index (χ3n) is 3.72. The Morgan fingerprint density at radius 3 is 2.30 bits per heavy atom. The molecule has 0 heterocycles. The van der Waals surface area contributed by atoms with Gasteiger partial charge < -0.3 is 15.6 Å². The molecule has 0 aliphatic carbocycles. The molecule has 3 nitrogen and oxygen atoms in total. The number of aliphatic hydroxyl groups is 1. The second-order valence-corrected chi connectivity index (χ2v) is 5.53. The lowest BCUT2D eigenvalue weighted by atomic mass is 9.80. The molecule has 2 rings (SSSR count). The van der Waals surface area contributed by atoms with Crippen molar-refractivity contribution in [3.63, 3.8) is 0 Å². The summed E-state index contributed by atoms with van der Waals surface area (Å²) in [6, 6.07) is 11.7. The summed E-state index contributed by atoms with van der Waals surface area (Å²) >= 11 is 0. The fourth-order valence-electron chi connectivity index (χ4n) is 2.26. The normalized spacial score (nSPS) is 12.8. The molecule has 0 radical (unpaired) electrons. The Bertz CT molecular complexity index is 584. The first-order chi connectivity index (χ1) is 9.01. The van der Waals surface area contributed by atoms with E-state index in [0.29, 0.717) is 0 Å². The van der Waals surface area contributed by atoms with Gasteiger partial charge in [0.2, 0.25) is 0 Å². The number of hydrogen-bond acceptors (Lipinski definition) is 3. The number of fused-ring (bicyclic) bond motifs is 1. The number of benzene rings is 2. The topological polar surface area (TPSA) is 55.5 Å². The molecule has 20 heavy (non-hydrogen) atoms. The Labute approximate surface area is 126 Å². The van der Waals surface area contributed by atoms with E-state index < -0.39 is 0 Å². The Morgan fingerprint density at radius 2 is 1.75 bits per heavy atom. The fourth-order valence-corrected chi connectivity index (χ4v) is 2.26. The van der Waals surface area contributed by atoms with Crippen molar-refractivity contribution in [2.24, 2.45) is 11.1 Å². The average molecular weight is 296 g/mol. The first kappa shape index (κ1) is 16.8. The highest BCUT2D eigenvalue weighted by molar-refractivity contribution is 5.91. The predicted octanol–water partition coefficient (Wildman–Crippen LogP) is 3.29. The Balaban J connectivity index is 0.00000200. The van der Waals surface area contributed by atoms with Gasteiger partial charge in [-0.1, -0.05) is 44.2 Å². The molecule has 2 aromatic rings. The molecular formula is C16H22ClNO2. The Kier molecular flexibility index (Phi) is 5.40. The van der Waals surface area contributed by atoms with Crippen molar-refractivity contribution in [3.05, 3.63) is 42.0 Å². The lowest BCUT2D eigenvalue weighted by molar-refractivity contribution is 0.133. The molecule has 0 aliphatic rings. The van der Waals surface area contributed by atoms with Gasteiger partial charge in [0.1, 0.15) is 5.75 Å². The van der Waals surface area contributed by atoms with Gasteiger partial charge in [-0.05, 0) is 17.0 Å². The number of methoxy groups -OCH3 is 1. The van der Waals surface area contributed by atoms with Gasteiger partial charge in [-0.2, -0.15) is 0 Å². The summed E-state index contributed by atoms with van der Waals surface area (Å²) in [7, 11) is 1.67. The molecule has 0 spiro atoms. The largest absolute Gasteiger partial charge is 0.496 e. The zero-order chi connectivity index (χ0) is 14.0. The van der Waals surface area contributed by atoms with Crippen molar-refractivity contribution in [1.82, 2.24) is 0 Å². The Morgan fingerprint density at radius 1 is 1.15 bits per heavy atom. The van der Waals surface area contributed by atoms with Gasteiger partial charge in [0, 0.05) is 23.4 Å². The third-order valence-corrected chi connectivity index (χ3v) is 3.72. The second-order valence-electron chi connectivity index (χ2n) is 5.53. The van der Waals surface area contributed by atoms with Crippen molar-refractivity contribution >= 4 is 23.2 Å². The van der Waals surface area contributed by atoms with Crippen LogP contribution in [0.15, 0.2) is 36.4 Å². The highest BCUT2D eigenvalue weighted by Gasteiger charge is 2.28. The first-order valence-corrected chi connectivity index (χ1v) is 6.43. The third kappa shape index (κ3) is 2.90. The smallest absolute Gasteiger partial charge is 0.126 e. The van der Waals surface area contributed by atoms with Gasteiger partial charge in [0.15, 0.2) is 0 Å². The van der Waals surface area contributed by atoms with Crippen LogP contribution in [0.1, 0.15) is 25.5 Å². The number of hydrogen-bond donors (Lipinski definition) is 2. The van der Waals surface area contributed by atoms with Gasteiger partial charge in [-0.3, -0.25) is 0 Å². The van der Waals surface area contributed by atoms with E-state index in [-0.39, 0.29) is 30.5 Å². The van der Waals surface area contributed by atoms with E-state index in [1.165, 1.54) is 0 Å². The van der Waals surface area contributed by atoms with Gasteiger partial charge in [0.05, 0.1) is 7.11 Å². The second kappa shape index (κ2) is 6.44. The van der Waals surface area contributed by atoms with E-state index in [1.54, 1.807) is 7.11 Å². The molecule has 2 aromatic carbocycles. The van der Waals surface area contributed by atoms with Crippen LogP contribution in [0.3, 0.4) is 0 Å². The lowest BCUT2D eigenvalue weighted by Gasteiger charge is -2.30. The van der Waals surface area contributed by atoms with E-state index in [4.69, 9.17) is 10.5 Å². The summed E-state index contributed by atoms with van der Waals surface area (Å²) in [4.78, 5) is 0. The molecule has 4 heteroatoms. The number of rotatable bonds is 4. The van der Waals surface area contributed by atoms with Crippen molar-refractivity contribution < 1.29 is 9.84 Å². The molecular weight excluding hydrogens is 274 g/mol. The van der Waals surface area contributed by atoms with Crippen LogP contribution in [0.4, 0.5) is 0 Å². The van der Waals surface area contributed by atoms with Gasteiger partial charge >= 0.3 is 0 Å². The van der Waals surface area contributed by atoms with Gasteiger partial charge in [-0.25, -0.2) is 0 Å². The van der Waals surface area contributed by atoms with Crippen molar-refractivity contribution in [2.45, 2.75) is 19.9 Å². The highest BCUT2D eigenvalue weighted by Crippen LogP contribution is 2.37. The van der Waals surface area contributed by atoms with Crippen LogP contribution in [-0.4, -0.2) is 18.8 Å². The average Bonchev–Trinajstić information content (AvgIpc) is 2.45. The molecule has 1 atom stereocenters. The van der Waals surface area contributed by atoms with Crippen LogP contribution in [0.5, 0.6) is 5.75 Å². The monoisotopic (exact) mass is 295 g/mol. The maximum Gasteiger partial charge on any atom is 0.126 e. The molecule has 0 saturated carbocycles. The summed E-state index contributed by atoms with van der Waals surface area (Å²) in [5.41, 5.74) is 7.01. The van der Waals surface area contributed by atoms with E-state index in [1.807, 2.05) is 50.2 Å². The van der Waals surface area contributed by atoms with Crippen LogP contribution >= 0.6 is 12.4 Å². The van der Waals surface area contributed by atoms with Crippen molar-refractivity contribution in [1.29, 1.82) is 0 Å². The molecule has 0 amide bonds. The maximum atomic E-state index is 9.49. The molecule has 0 aliphatic heterocycles. The molecule has 0 aromatic heterocycles. The van der Waals surface area contributed by atoms with Crippen LogP contribution < -0.4 is 10.5 Å². The minimum absolute atomic E-state index is 0. The predicted molar refractivity (Wildman–Crippen MR) is 85.5 cm³/mol. The van der Waals surface area contributed by atoms with E-state index >= 15 is 0 Å². The number of nitrogens with two attached hydrogens (primary N) is 1. The minimum Gasteiger partial charge on any atom is -0.496 e. The highest BCUT2D eigenvalue weighted by atomic mass is 35.5. The number of aliphatic hydroxyl groups excluding tert-OH is 1. The van der Waals surface area contributed by atoms with Crippen LogP contribution in [0.2, 0.25) is 0 Å². The molecule has 0 saturated heterocycles. The summed E-state index contributed by atoms with van der Waals surface area (Å²) in [5.74, 6) is 0.841. The molecule has 0 fully saturated rings. The van der Waals surface area contributed by atoms with Gasteiger partial charge in [-0.15, -0.1) is 12.4 Å². The molecule has 0 bridgehead atoms. The van der Waals surface area contributed by atoms with Crippen LogP contribution in [0.25, 0.3) is 10.8 Å². The van der Waals surface area contributed by atoms with Crippen LogP contribution in [-0.2, 0) is 0 Å². The van der Waals surface area contributed by atoms with E-state index in [0.717, 1.165) is 22.1 Å². The maximum absolute atomic E-state index is 9.49. The summed E-state index contributed by atoms with van der Waals surface area (Å²) in [6.45, 7) is 3.99. The van der Waals surface area contributed by atoms with Crippen LogP contribution in [0, 0.1) is 5.41 Å².